The van der Waals surface area contributed by atoms with Crippen LogP contribution in [-0.4, -0.2) is 25.9 Å². The van der Waals surface area contributed by atoms with Crippen LogP contribution in [0.3, 0.4) is 0 Å². The van der Waals surface area contributed by atoms with Gasteiger partial charge in [-0.2, -0.15) is 0 Å². The Morgan fingerprint density at radius 2 is 2.19 bits per heavy atom. The zero-order valence-electron chi connectivity index (χ0n) is 14.1. The van der Waals surface area contributed by atoms with E-state index in [0.717, 1.165) is 28.7 Å². The first kappa shape index (κ1) is 17.2. The van der Waals surface area contributed by atoms with E-state index in [1.165, 1.54) is 23.9 Å². The summed E-state index contributed by atoms with van der Waals surface area (Å²) < 4.78 is 15.4. The van der Waals surface area contributed by atoms with Crippen molar-refractivity contribution in [2.45, 2.75) is 36.2 Å². The lowest BCUT2D eigenvalue weighted by molar-refractivity contribution is -0.115. The summed E-state index contributed by atoms with van der Waals surface area (Å²) in [5.74, 6) is 0.295. The van der Waals surface area contributed by atoms with Gasteiger partial charge < -0.3 is 5.32 Å². The second kappa shape index (κ2) is 7.20. The highest BCUT2D eigenvalue weighted by Crippen LogP contribution is 2.42. The molecular formula is C18H17FN4OS2. The number of amides is 1. The van der Waals surface area contributed by atoms with Crippen molar-refractivity contribution in [3.05, 3.63) is 47.6 Å². The molecule has 1 aliphatic carbocycles. The minimum Gasteiger partial charge on any atom is -0.325 e. The van der Waals surface area contributed by atoms with Gasteiger partial charge in [0, 0.05) is 11.7 Å². The number of rotatable bonds is 6. The van der Waals surface area contributed by atoms with Crippen molar-refractivity contribution in [3.8, 4) is 10.7 Å². The Bertz CT molecular complexity index is 921. The van der Waals surface area contributed by atoms with E-state index in [0.29, 0.717) is 11.7 Å². The summed E-state index contributed by atoms with van der Waals surface area (Å²) in [6.07, 6.45) is 2.21. The molecule has 5 nitrogen and oxygen atoms in total. The van der Waals surface area contributed by atoms with Crippen molar-refractivity contribution >= 4 is 34.7 Å². The fourth-order valence-corrected chi connectivity index (χ4v) is 4.24. The number of carbonyl (C=O) groups is 1. The predicted molar refractivity (Wildman–Crippen MR) is 102 cm³/mol. The average Bonchev–Trinajstić information content (AvgIpc) is 3.14. The zero-order chi connectivity index (χ0) is 18.1. The van der Waals surface area contributed by atoms with Crippen LogP contribution in [0.5, 0.6) is 0 Å². The van der Waals surface area contributed by atoms with Crippen molar-refractivity contribution in [2.75, 3.05) is 5.32 Å². The molecule has 1 N–H and O–H groups in total. The molecule has 0 aliphatic heterocycles. The smallest absolute Gasteiger partial charge is 0.237 e. The van der Waals surface area contributed by atoms with Crippen LogP contribution in [0, 0.1) is 5.82 Å². The molecule has 1 aromatic carbocycles. The maximum absolute atomic E-state index is 13.3. The lowest BCUT2D eigenvalue weighted by atomic mass is 10.3. The van der Waals surface area contributed by atoms with Crippen molar-refractivity contribution in [3.63, 3.8) is 0 Å². The van der Waals surface area contributed by atoms with Gasteiger partial charge in [-0.3, -0.25) is 9.36 Å². The first-order valence-corrected chi connectivity index (χ1v) is 10.1. The van der Waals surface area contributed by atoms with E-state index >= 15 is 0 Å². The molecule has 0 unspecified atom stereocenters. The Kier molecular flexibility index (Phi) is 4.78. The summed E-state index contributed by atoms with van der Waals surface area (Å²) in [5.41, 5.74) is 0.449. The van der Waals surface area contributed by atoms with Gasteiger partial charge in [0.25, 0.3) is 0 Å². The lowest BCUT2D eigenvalue weighted by Gasteiger charge is -2.13. The highest BCUT2D eigenvalue weighted by molar-refractivity contribution is 8.00. The molecule has 26 heavy (non-hydrogen) atoms. The maximum Gasteiger partial charge on any atom is 0.237 e. The molecule has 0 radical (unpaired) electrons. The van der Waals surface area contributed by atoms with Gasteiger partial charge in [-0.1, -0.05) is 23.9 Å². The standard InChI is InChI=1S/C18H17FN4OS2/c1-11(17(24)20-13-5-2-4-12(19)10-13)26-18-22-21-16(15-6-3-9-25-15)23(18)14-7-8-14/h2-6,9-11,14H,7-8H2,1H3,(H,20,24)/t11-/m1/s1. The Morgan fingerprint density at radius 1 is 1.35 bits per heavy atom. The van der Waals surface area contributed by atoms with Crippen LogP contribution in [0.15, 0.2) is 46.9 Å². The van der Waals surface area contributed by atoms with Crippen LogP contribution in [0.25, 0.3) is 10.7 Å². The van der Waals surface area contributed by atoms with Crippen molar-refractivity contribution < 1.29 is 9.18 Å². The number of nitrogens with zero attached hydrogens (tertiary/aromatic N) is 3. The molecule has 0 spiro atoms. The molecule has 2 aromatic heterocycles. The maximum atomic E-state index is 13.3. The number of aromatic nitrogens is 3. The lowest BCUT2D eigenvalue weighted by Crippen LogP contribution is -2.23. The zero-order valence-corrected chi connectivity index (χ0v) is 15.7. The van der Waals surface area contributed by atoms with Gasteiger partial charge in [0.1, 0.15) is 5.82 Å². The summed E-state index contributed by atoms with van der Waals surface area (Å²) >= 11 is 3.01. The minimum atomic E-state index is -0.379. The van der Waals surface area contributed by atoms with E-state index < -0.39 is 0 Å². The number of nitrogens with one attached hydrogen (secondary N) is 1. The monoisotopic (exact) mass is 388 g/mol. The summed E-state index contributed by atoms with van der Waals surface area (Å²) in [6, 6.07) is 10.3. The molecule has 1 aliphatic rings. The second-order valence-electron chi connectivity index (χ2n) is 6.14. The van der Waals surface area contributed by atoms with Crippen LogP contribution >= 0.6 is 23.1 Å². The number of carbonyl (C=O) groups excluding carboxylic acids is 1. The van der Waals surface area contributed by atoms with Crippen LogP contribution in [0.2, 0.25) is 0 Å². The molecule has 1 saturated carbocycles. The number of halogens is 1. The van der Waals surface area contributed by atoms with Crippen molar-refractivity contribution in [1.29, 1.82) is 0 Å². The number of thioether (sulfide) groups is 1. The van der Waals surface area contributed by atoms with Gasteiger partial charge in [-0.15, -0.1) is 21.5 Å². The van der Waals surface area contributed by atoms with Crippen molar-refractivity contribution in [1.82, 2.24) is 14.8 Å². The van der Waals surface area contributed by atoms with Gasteiger partial charge in [0.2, 0.25) is 5.91 Å². The molecule has 4 rings (SSSR count). The molecule has 0 saturated heterocycles. The Balaban J connectivity index is 1.51. The second-order valence-corrected chi connectivity index (χ2v) is 8.40. The van der Waals surface area contributed by atoms with Gasteiger partial charge in [0.15, 0.2) is 11.0 Å². The van der Waals surface area contributed by atoms with E-state index in [1.54, 1.807) is 23.5 Å². The van der Waals surface area contributed by atoms with Crippen LogP contribution < -0.4 is 5.32 Å². The third-order valence-electron chi connectivity index (χ3n) is 4.06. The van der Waals surface area contributed by atoms with E-state index in [4.69, 9.17) is 0 Å². The molecule has 1 amide bonds. The first-order valence-electron chi connectivity index (χ1n) is 8.33. The Labute approximate surface area is 158 Å². The van der Waals surface area contributed by atoms with Gasteiger partial charge in [0.05, 0.1) is 10.1 Å². The Morgan fingerprint density at radius 3 is 2.88 bits per heavy atom. The van der Waals surface area contributed by atoms with E-state index in [-0.39, 0.29) is 17.0 Å². The van der Waals surface area contributed by atoms with Gasteiger partial charge in [-0.05, 0) is 49.4 Å². The number of hydrogen-bond acceptors (Lipinski definition) is 5. The van der Waals surface area contributed by atoms with E-state index in [2.05, 4.69) is 20.1 Å². The largest absolute Gasteiger partial charge is 0.325 e. The molecule has 8 heteroatoms. The summed E-state index contributed by atoms with van der Waals surface area (Å²) in [5, 5.41) is 13.8. The SMILES string of the molecule is C[C@@H](Sc1nnc(-c2cccs2)n1C1CC1)C(=O)Nc1cccc(F)c1. The minimum absolute atomic E-state index is 0.191. The third kappa shape index (κ3) is 3.66. The summed E-state index contributed by atoms with van der Waals surface area (Å²) in [4.78, 5) is 13.5. The van der Waals surface area contributed by atoms with Gasteiger partial charge in [-0.25, -0.2) is 4.39 Å². The van der Waals surface area contributed by atoms with E-state index in [1.807, 2.05) is 24.4 Å². The quantitative estimate of drug-likeness (QED) is 0.627. The van der Waals surface area contributed by atoms with Crippen LogP contribution in [-0.2, 0) is 4.79 Å². The fraction of sp³-hybridized carbons (Fsp3) is 0.278. The summed E-state index contributed by atoms with van der Waals surface area (Å²) in [7, 11) is 0. The molecule has 134 valence electrons. The molecule has 2 heterocycles. The number of thiophene rings is 1. The number of hydrogen-bond donors (Lipinski definition) is 1. The normalized spacial score (nSPS) is 15.0. The molecule has 3 aromatic rings. The average molecular weight is 388 g/mol. The molecule has 1 fully saturated rings. The molecule has 1 atom stereocenters. The van der Waals surface area contributed by atoms with Gasteiger partial charge >= 0.3 is 0 Å². The third-order valence-corrected chi connectivity index (χ3v) is 5.98. The topological polar surface area (TPSA) is 59.8 Å². The Hall–Kier alpha value is -2.19. The molecular weight excluding hydrogens is 371 g/mol. The van der Waals surface area contributed by atoms with E-state index in [9.17, 15) is 9.18 Å². The van der Waals surface area contributed by atoms with Crippen molar-refractivity contribution in [2.24, 2.45) is 0 Å². The highest BCUT2D eigenvalue weighted by atomic mass is 32.2. The van der Waals surface area contributed by atoms with Crippen LogP contribution in [0.1, 0.15) is 25.8 Å². The molecule has 0 bridgehead atoms. The number of benzene rings is 1. The van der Waals surface area contributed by atoms with Crippen LogP contribution in [0.4, 0.5) is 10.1 Å². The highest BCUT2D eigenvalue weighted by Gasteiger charge is 2.31. The predicted octanol–water partition coefficient (Wildman–Crippen LogP) is 4.60. The summed E-state index contributed by atoms with van der Waals surface area (Å²) in [6.45, 7) is 1.82. The fourth-order valence-electron chi connectivity index (χ4n) is 2.61. The number of anilines is 1. The first-order chi connectivity index (χ1) is 12.6.